The number of rotatable bonds is 4. The van der Waals surface area contributed by atoms with Crippen molar-refractivity contribution in [3.63, 3.8) is 0 Å². The van der Waals surface area contributed by atoms with Gasteiger partial charge in [-0.3, -0.25) is 10.1 Å². The molecule has 30 heavy (non-hydrogen) atoms. The minimum Gasteiger partial charge on any atom is -0.338 e. The molecule has 146 valence electrons. The number of nitrogens with zero attached hydrogens (tertiary/aromatic N) is 5. The SMILES string of the molecule is Cc1ccccc1-c1nnc2c3ccccc3c(Nc3cccc([N+](=O)[O-])c3)nn12. The lowest BCUT2D eigenvalue weighted by molar-refractivity contribution is -0.384. The molecule has 0 fully saturated rings. The number of hydrogen-bond donors (Lipinski definition) is 1. The van der Waals surface area contributed by atoms with Crippen molar-refractivity contribution in [2.24, 2.45) is 0 Å². The van der Waals surface area contributed by atoms with Crippen molar-refractivity contribution in [2.45, 2.75) is 6.92 Å². The van der Waals surface area contributed by atoms with Gasteiger partial charge in [0, 0.05) is 34.2 Å². The molecule has 0 unspecified atom stereocenters. The second-order valence-corrected chi connectivity index (χ2v) is 6.90. The molecule has 2 aromatic heterocycles. The van der Waals surface area contributed by atoms with Crippen LogP contribution in [-0.2, 0) is 0 Å². The van der Waals surface area contributed by atoms with E-state index in [1.807, 2.05) is 55.5 Å². The van der Waals surface area contributed by atoms with E-state index in [9.17, 15) is 10.1 Å². The molecular formula is C22H16N6O2. The molecule has 5 aromatic rings. The van der Waals surface area contributed by atoms with Crippen LogP contribution in [0.5, 0.6) is 0 Å². The zero-order valence-electron chi connectivity index (χ0n) is 16.0. The number of non-ortho nitro benzene ring substituents is 1. The Morgan fingerprint density at radius 2 is 1.70 bits per heavy atom. The lowest BCUT2D eigenvalue weighted by atomic mass is 10.1. The van der Waals surface area contributed by atoms with Gasteiger partial charge in [0.2, 0.25) is 0 Å². The molecule has 0 saturated carbocycles. The molecule has 0 aliphatic heterocycles. The van der Waals surface area contributed by atoms with Crippen molar-refractivity contribution in [1.82, 2.24) is 19.8 Å². The quantitative estimate of drug-likeness (QED) is 0.342. The fourth-order valence-electron chi connectivity index (χ4n) is 3.50. The van der Waals surface area contributed by atoms with Crippen molar-refractivity contribution < 1.29 is 4.92 Å². The second kappa shape index (κ2) is 6.93. The number of aromatic nitrogens is 4. The van der Waals surface area contributed by atoms with Gasteiger partial charge in [0.15, 0.2) is 17.3 Å². The highest BCUT2D eigenvalue weighted by Gasteiger charge is 2.17. The molecule has 0 aliphatic rings. The molecule has 0 aliphatic carbocycles. The normalized spacial score (nSPS) is 11.1. The van der Waals surface area contributed by atoms with Crippen LogP contribution in [-0.4, -0.2) is 24.7 Å². The maximum Gasteiger partial charge on any atom is 0.271 e. The van der Waals surface area contributed by atoms with Gasteiger partial charge in [0.1, 0.15) is 0 Å². The van der Waals surface area contributed by atoms with Crippen LogP contribution in [0.2, 0.25) is 0 Å². The Bertz CT molecular complexity index is 1430. The molecule has 0 radical (unpaired) electrons. The van der Waals surface area contributed by atoms with Crippen LogP contribution in [0.1, 0.15) is 5.56 Å². The van der Waals surface area contributed by atoms with Crippen molar-refractivity contribution in [1.29, 1.82) is 0 Å². The van der Waals surface area contributed by atoms with E-state index in [1.165, 1.54) is 12.1 Å². The standard InChI is InChI=1S/C22H16N6O2/c1-14-7-2-3-10-17(14)21-24-25-22-19-12-5-4-11-18(19)20(26-27(21)22)23-15-8-6-9-16(13-15)28(29)30/h2-13H,1H3,(H,23,26). The van der Waals surface area contributed by atoms with Crippen LogP contribution in [0.4, 0.5) is 17.2 Å². The molecule has 0 saturated heterocycles. The maximum atomic E-state index is 11.1. The lowest BCUT2D eigenvalue weighted by Crippen LogP contribution is -2.03. The molecule has 1 N–H and O–H groups in total. The van der Waals surface area contributed by atoms with Gasteiger partial charge >= 0.3 is 0 Å². The number of nitrogens with one attached hydrogen (secondary N) is 1. The summed E-state index contributed by atoms with van der Waals surface area (Å²) in [6.07, 6.45) is 0. The first-order chi connectivity index (χ1) is 14.6. The summed E-state index contributed by atoms with van der Waals surface area (Å²) in [7, 11) is 0. The van der Waals surface area contributed by atoms with Crippen LogP contribution < -0.4 is 5.32 Å². The summed E-state index contributed by atoms with van der Waals surface area (Å²) in [5, 5.41) is 29.6. The third-order valence-corrected chi connectivity index (χ3v) is 4.97. The average molecular weight is 396 g/mol. The smallest absolute Gasteiger partial charge is 0.271 e. The lowest BCUT2D eigenvalue weighted by Gasteiger charge is -2.11. The van der Waals surface area contributed by atoms with Gasteiger partial charge in [0.25, 0.3) is 5.69 Å². The number of nitro groups is 1. The predicted molar refractivity (Wildman–Crippen MR) is 115 cm³/mol. The topological polar surface area (TPSA) is 98.2 Å². The number of anilines is 2. The molecule has 8 heteroatoms. The van der Waals surface area contributed by atoms with Gasteiger partial charge in [-0.05, 0) is 18.6 Å². The van der Waals surface area contributed by atoms with E-state index in [-0.39, 0.29) is 5.69 Å². The summed E-state index contributed by atoms with van der Waals surface area (Å²) in [5.41, 5.74) is 3.24. The molecule has 0 amide bonds. The van der Waals surface area contributed by atoms with Crippen molar-refractivity contribution >= 4 is 33.6 Å². The summed E-state index contributed by atoms with van der Waals surface area (Å²) in [6.45, 7) is 2.01. The van der Waals surface area contributed by atoms with E-state index in [2.05, 4.69) is 15.5 Å². The summed E-state index contributed by atoms with van der Waals surface area (Å²) < 4.78 is 1.71. The van der Waals surface area contributed by atoms with E-state index in [1.54, 1.807) is 16.6 Å². The summed E-state index contributed by atoms with van der Waals surface area (Å²) in [5.74, 6) is 1.20. The van der Waals surface area contributed by atoms with Gasteiger partial charge in [-0.2, -0.15) is 4.52 Å². The van der Waals surface area contributed by atoms with E-state index >= 15 is 0 Å². The van der Waals surface area contributed by atoms with Crippen LogP contribution in [0.25, 0.3) is 27.8 Å². The fourth-order valence-corrected chi connectivity index (χ4v) is 3.50. The van der Waals surface area contributed by atoms with Gasteiger partial charge in [-0.15, -0.1) is 15.3 Å². The Morgan fingerprint density at radius 1 is 0.933 bits per heavy atom. The number of fused-ring (bicyclic) bond motifs is 3. The van der Waals surface area contributed by atoms with Gasteiger partial charge < -0.3 is 5.32 Å². The highest BCUT2D eigenvalue weighted by molar-refractivity contribution is 6.01. The number of hydrogen-bond acceptors (Lipinski definition) is 6. The largest absolute Gasteiger partial charge is 0.338 e. The van der Waals surface area contributed by atoms with Crippen LogP contribution in [0.3, 0.4) is 0 Å². The third kappa shape index (κ3) is 2.91. The van der Waals surface area contributed by atoms with Crippen LogP contribution in [0, 0.1) is 17.0 Å². The average Bonchev–Trinajstić information content (AvgIpc) is 3.18. The maximum absolute atomic E-state index is 11.1. The Hall–Kier alpha value is -4.33. The molecule has 8 nitrogen and oxygen atoms in total. The molecule has 0 bridgehead atoms. The van der Waals surface area contributed by atoms with E-state index in [0.29, 0.717) is 23.0 Å². The van der Waals surface area contributed by atoms with Crippen molar-refractivity contribution in [3.05, 3.63) is 88.5 Å². The third-order valence-electron chi connectivity index (χ3n) is 4.97. The Morgan fingerprint density at radius 3 is 2.50 bits per heavy atom. The second-order valence-electron chi connectivity index (χ2n) is 6.90. The molecule has 3 aromatic carbocycles. The Labute approximate surface area is 171 Å². The number of benzene rings is 3. The first-order valence-electron chi connectivity index (χ1n) is 9.33. The first-order valence-corrected chi connectivity index (χ1v) is 9.33. The minimum absolute atomic E-state index is 0.00952. The van der Waals surface area contributed by atoms with E-state index < -0.39 is 4.92 Å². The summed E-state index contributed by atoms with van der Waals surface area (Å²) in [4.78, 5) is 10.7. The fraction of sp³-hybridized carbons (Fsp3) is 0.0455. The van der Waals surface area contributed by atoms with Crippen molar-refractivity contribution in [2.75, 3.05) is 5.32 Å². The number of aryl methyl sites for hydroxylation is 1. The summed E-state index contributed by atoms with van der Waals surface area (Å²) >= 11 is 0. The van der Waals surface area contributed by atoms with Gasteiger partial charge in [-0.25, -0.2) is 0 Å². The molecular weight excluding hydrogens is 380 g/mol. The monoisotopic (exact) mass is 396 g/mol. The molecule has 5 rings (SSSR count). The molecule has 2 heterocycles. The molecule has 0 spiro atoms. The highest BCUT2D eigenvalue weighted by Crippen LogP contribution is 2.30. The van der Waals surface area contributed by atoms with Gasteiger partial charge in [-0.1, -0.05) is 54.6 Å². The number of nitro benzene ring substituents is 1. The van der Waals surface area contributed by atoms with Crippen molar-refractivity contribution in [3.8, 4) is 11.4 Å². The Balaban J connectivity index is 1.73. The molecule has 0 atom stereocenters. The summed E-state index contributed by atoms with van der Waals surface area (Å²) in [6, 6.07) is 22.0. The minimum atomic E-state index is -0.421. The first kappa shape index (κ1) is 17.7. The zero-order chi connectivity index (χ0) is 20.7. The predicted octanol–water partition coefficient (Wildman–Crippen LogP) is 4.90. The van der Waals surface area contributed by atoms with E-state index in [4.69, 9.17) is 5.10 Å². The highest BCUT2D eigenvalue weighted by atomic mass is 16.6. The zero-order valence-corrected chi connectivity index (χ0v) is 16.0. The van der Waals surface area contributed by atoms with Crippen LogP contribution in [0.15, 0.2) is 72.8 Å². The van der Waals surface area contributed by atoms with E-state index in [0.717, 1.165) is 21.9 Å². The van der Waals surface area contributed by atoms with Crippen LogP contribution >= 0.6 is 0 Å². The Kier molecular flexibility index (Phi) is 4.10. The van der Waals surface area contributed by atoms with Gasteiger partial charge in [0.05, 0.1) is 4.92 Å².